The molecule has 0 spiro atoms. The minimum atomic E-state index is 0.417. The van der Waals surface area contributed by atoms with Crippen LogP contribution in [0.5, 0.6) is 5.19 Å². The molecule has 0 amide bonds. The Kier molecular flexibility index (Phi) is 3.80. The van der Waals surface area contributed by atoms with Crippen LogP contribution in [-0.2, 0) is 6.42 Å². The van der Waals surface area contributed by atoms with E-state index in [1.807, 2.05) is 0 Å². The lowest BCUT2D eigenvalue weighted by molar-refractivity contribution is 0.412. The van der Waals surface area contributed by atoms with Crippen LogP contribution >= 0.6 is 38.9 Å². The zero-order valence-electron chi connectivity index (χ0n) is 6.80. The third-order valence-electron chi connectivity index (χ3n) is 1.27. The van der Waals surface area contributed by atoms with Crippen molar-refractivity contribution < 1.29 is 4.74 Å². The Morgan fingerprint density at radius 1 is 1.75 bits per heavy atom. The molecule has 0 saturated carbocycles. The molecule has 12 heavy (non-hydrogen) atoms. The molecule has 0 aliphatic heterocycles. The Morgan fingerprint density at radius 2 is 2.42 bits per heavy atom. The van der Waals surface area contributed by atoms with Gasteiger partial charge in [-0.2, -0.15) is 4.98 Å². The molecule has 0 radical (unpaired) electrons. The quantitative estimate of drug-likeness (QED) is 0.787. The molecule has 0 N–H and O–H groups in total. The smallest absolute Gasteiger partial charge is 0.274 e. The molecule has 2 nitrogen and oxygen atoms in total. The SMILES string of the molecule is COc1nc(Cl)c(CC(C)Br)s1. The van der Waals surface area contributed by atoms with E-state index in [1.54, 1.807) is 7.11 Å². The molecule has 1 aromatic rings. The van der Waals surface area contributed by atoms with E-state index in [1.165, 1.54) is 11.3 Å². The van der Waals surface area contributed by atoms with Gasteiger partial charge in [-0.3, -0.25) is 0 Å². The normalized spacial score (nSPS) is 13.0. The zero-order chi connectivity index (χ0) is 9.14. The van der Waals surface area contributed by atoms with Crippen LogP contribution < -0.4 is 4.74 Å². The van der Waals surface area contributed by atoms with Gasteiger partial charge in [-0.25, -0.2) is 0 Å². The van der Waals surface area contributed by atoms with Crippen molar-refractivity contribution in [3.05, 3.63) is 10.0 Å². The molecule has 1 atom stereocenters. The van der Waals surface area contributed by atoms with Crippen molar-refractivity contribution in [2.75, 3.05) is 7.11 Å². The number of alkyl halides is 1. The molecule has 68 valence electrons. The number of thiazole rings is 1. The number of methoxy groups -OCH3 is 1. The van der Waals surface area contributed by atoms with Gasteiger partial charge in [0.05, 0.1) is 7.11 Å². The summed E-state index contributed by atoms with van der Waals surface area (Å²) in [4.78, 5) is 5.51. The molecule has 0 aliphatic rings. The lowest BCUT2D eigenvalue weighted by Crippen LogP contribution is -1.93. The first-order valence-corrected chi connectivity index (χ1v) is 5.57. The van der Waals surface area contributed by atoms with Crippen molar-refractivity contribution in [2.24, 2.45) is 0 Å². The van der Waals surface area contributed by atoms with Crippen molar-refractivity contribution >= 4 is 38.9 Å². The van der Waals surface area contributed by atoms with Gasteiger partial charge >= 0.3 is 0 Å². The number of hydrogen-bond acceptors (Lipinski definition) is 3. The van der Waals surface area contributed by atoms with E-state index in [-0.39, 0.29) is 0 Å². The Balaban J connectivity index is 2.77. The molecule has 1 unspecified atom stereocenters. The molecule has 0 aliphatic carbocycles. The number of halogens is 2. The van der Waals surface area contributed by atoms with Crippen molar-refractivity contribution in [3.8, 4) is 5.19 Å². The predicted molar refractivity (Wildman–Crippen MR) is 55.8 cm³/mol. The highest BCUT2D eigenvalue weighted by Crippen LogP contribution is 2.30. The van der Waals surface area contributed by atoms with Crippen LogP contribution in [0.3, 0.4) is 0 Å². The Bertz CT molecular complexity index is 264. The van der Waals surface area contributed by atoms with Crippen molar-refractivity contribution in [2.45, 2.75) is 18.2 Å². The molecule has 1 heterocycles. The summed E-state index contributed by atoms with van der Waals surface area (Å²) in [6.45, 7) is 2.07. The molecule has 5 heteroatoms. The molecule has 0 aromatic carbocycles. The minimum Gasteiger partial charge on any atom is -0.473 e. The van der Waals surface area contributed by atoms with E-state index in [0.717, 1.165) is 11.3 Å². The topological polar surface area (TPSA) is 22.1 Å². The fourth-order valence-electron chi connectivity index (χ4n) is 0.781. The average Bonchev–Trinajstić information content (AvgIpc) is 2.31. The molecule has 0 bridgehead atoms. The summed E-state index contributed by atoms with van der Waals surface area (Å²) in [6, 6.07) is 0. The van der Waals surface area contributed by atoms with E-state index in [2.05, 4.69) is 27.8 Å². The largest absolute Gasteiger partial charge is 0.473 e. The highest BCUT2D eigenvalue weighted by Gasteiger charge is 2.10. The molecular formula is C7H9BrClNOS. The summed E-state index contributed by atoms with van der Waals surface area (Å²) >= 11 is 10.8. The lowest BCUT2D eigenvalue weighted by atomic mass is 10.3. The summed E-state index contributed by atoms with van der Waals surface area (Å²) in [5.41, 5.74) is 0. The van der Waals surface area contributed by atoms with E-state index < -0.39 is 0 Å². The van der Waals surface area contributed by atoms with Crippen LogP contribution in [0, 0.1) is 0 Å². The van der Waals surface area contributed by atoms with Crippen LogP contribution in [0.15, 0.2) is 0 Å². The van der Waals surface area contributed by atoms with Gasteiger partial charge in [-0.05, 0) is 6.42 Å². The minimum absolute atomic E-state index is 0.417. The molecular weight excluding hydrogens is 262 g/mol. The number of aromatic nitrogens is 1. The Labute approximate surface area is 89.0 Å². The van der Waals surface area contributed by atoms with Crippen LogP contribution in [0.4, 0.5) is 0 Å². The zero-order valence-corrected chi connectivity index (χ0v) is 9.96. The van der Waals surface area contributed by atoms with Crippen LogP contribution in [0.2, 0.25) is 5.15 Å². The summed E-state index contributed by atoms with van der Waals surface area (Å²) < 4.78 is 4.96. The monoisotopic (exact) mass is 269 g/mol. The third-order valence-corrected chi connectivity index (χ3v) is 3.06. The van der Waals surface area contributed by atoms with Gasteiger partial charge < -0.3 is 4.74 Å². The first-order valence-electron chi connectivity index (χ1n) is 3.46. The summed E-state index contributed by atoms with van der Waals surface area (Å²) in [5.74, 6) is 0. The third kappa shape index (κ3) is 2.61. The van der Waals surface area contributed by atoms with Crippen molar-refractivity contribution in [1.29, 1.82) is 0 Å². The predicted octanol–water partition coefficient (Wildman–Crippen LogP) is 3.13. The summed E-state index contributed by atoms with van der Waals surface area (Å²) in [7, 11) is 1.59. The maximum absolute atomic E-state index is 5.87. The molecule has 1 aromatic heterocycles. The highest BCUT2D eigenvalue weighted by molar-refractivity contribution is 9.09. The van der Waals surface area contributed by atoms with E-state index in [9.17, 15) is 0 Å². The maximum Gasteiger partial charge on any atom is 0.274 e. The highest BCUT2D eigenvalue weighted by atomic mass is 79.9. The van der Waals surface area contributed by atoms with Gasteiger partial charge in [0.1, 0.15) is 5.15 Å². The average molecular weight is 271 g/mol. The van der Waals surface area contributed by atoms with Crippen LogP contribution in [-0.4, -0.2) is 16.9 Å². The standard InChI is InChI=1S/C7H9BrClNOS/c1-4(8)3-5-6(9)10-7(11-2)12-5/h4H,3H2,1-2H3. The molecule has 0 fully saturated rings. The number of nitrogens with zero attached hydrogens (tertiary/aromatic N) is 1. The second-order valence-electron chi connectivity index (χ2n) is 2.38. The van der Waals surface area contributed by atoms with Gasteiger partial charge in [-0.15, -0.1) is 0 Å². The van der Waals surface area contributed by atoms with Gasteiger partial charge in [0.15, 0.2) is 0 Å². The summed E-state index contributed by atoms with van der Waals surface area (Å²) in [5, 5.41) is 1.19. The molecule has 0 saturated heterocycles. The van der Waals surface area contributed by atoms with Gasteiger partial charge in [-0.1, -0.05) is 45.8 Å². The van der Waals surface area contributed by atoms with Gasteiger partial charge in [0.2, 0.25) is 0 Å². The Hall–Kier alpha value is 0.200. The van der Waals surface area contributed by atoms with Gasteiger partial charge in [0, 0.05) is 9.70 Å². The number of ether oxygens (including phenoxy) is 1. The second-order valence-corrected chi connectivity index (χ2v) is 5.35. The van der Waals surface area contributed by atoms with Crippen LogP contribution in [0.1, 0.15) is 11.8 Å². The van der Waals surface area contributed by atoms with E-state index in [4.69, 9.17) is 16.3 Å². The summed E-state index contributed by atoms with van der Waals surface area (Å²) in [6.07, 6.45) is 0.889. The van der Waals surface area contributed by atoms with Crippen LogP contribution in [0.25, 0.3) is 0 Å². The lowest BCUT2D eigenvalue weighted by Gasteiger charge is -1.97. The molecule has 1 rings (SSSR count). The first-order chi connectivity index (χ1) is 5.63. The first kappa shape index (κ1) is 10.3. The van der Waals surface area contributed by atoms with E-state index >= 15 is 0 Å². The van der Waals surface area contributed by atoms with E-state index in [0.29, 0.717) is 15.2 Å². The number of hydrogen-bond donors (Lipinski definition) is 0. The van der Waals surface area contributed by atoms with Crippen molar-refractivity contribution in [3.63, 3.8) is 0 Å². The number of rotatable bonds is 3. The van der Waals surface area contributed by atoms with Crippen molar-refractivity contribution in [1.82, 2.24) is 4.98 Å². The maximum atomic E-state index is 5.87. The Morgan fingerprint density at radius 3 is 2.83 bits per heavy atom. The second kappa shape index (κ2) is 4.44. The fraction of sp³-hybridized carbons (Fsp3) is 0.571. The fourth-order valence-corrected chi connectivity index (χ4v) is 2.53. The van der Waals surface area contributed by atoms with Gasteiger partial charge in [0.25, 0.3) is 5.19 Å².